The first-order valence-corrected chi connectivity index (χ1v) is 8.31. The number of aryl methyl sites for hydroxylation is 1. The first kappa shape index (κ1) is 15.3. The van der Waals surface area contributed by atoms with Crippen LogP contribution in [0.25, 0.3) is 0 Å². The van der Waals surface area contributed by atoms with Crippen LogP contribution in [0.5, 0.6) is 5.75 Å². The Morgan fingerprint density at radius 2 is 2.15 bits per heavy atom. The van der Waals surface area contributed by atoms with Gasteiger partial charge in [0.2, 0.25) is 5.13 Å². The second-order valence-corrected chi connectivity index (χ2v) is 6.29. The van der Waals surface area contributed by atoms with E-state index in [1.165, 1.54) is 0 Å². The maximum absolute atomic E-state index is 5.76. The third kappa shape index (κ3) is 4.18. The molecule has 20 heavy (non-hydrogen) atoms. The standard InChI is InChI=1S/C14H18BrN3OS/c1-3-7-19-12-6-5-11(15)8-10(12)9-16-14-18-17-13(4-2)20-14/h5-6,8H,3-4,7,9H2,1-2H3,(H,16,18). The van der Waals surface area contributed by atoms with Crippen molar-refractivity contribution >= 4 is 32.4 Å². The molecule has 6 heteroatoms. The van der Waals surface area contributed by atoms with Crippen molar-refractivity contribution in [3.63, 3.8) is 0 Å². The molecule has 4 nitrogen and oxygen atoms in total. The summed E-state index contributed by atoms with van der Waals surface area (Å²) in [6.45, 7) is 5.59. The quantitative estimate of drug-likeness (QED) is 0.805. The highest BCUT2D eigenvalue weighted by atomic mass is 79.9. The van der Waals surface area contributed by atoms with Gasteiger partial charge in [-0.25, -0.2) is 0 Å². The van der Waals surface area contributed by atoms with Gasteiger partial charge in [0, 0.05) is 16.6 Å². The fourth-order valence-electron chi connectivity index (χ4n) is 1.68. The Morgan fingerprint density at radius 1 is 1.30 bits per heavy atom. The zero-order valence-electron chi connectivity index (χ0n) is 11.6. The monoisotopic (exact) mass is 355 g/mol. The van der Waals surface area contributed by atoms with Gasteiger partial charge in [-0.3, -0.25) is 0 Å². The van der Waals surface area contributed by atoms with Crippen LogP contribution in [0.15, 0.2) is 22.7 Å². The van der Waals surface area contributed by atoms with Crippen molar-refractivity contribution in [1.29, 1.82) is 0 Å². The molecule has 0 spiro atoms. The molecule has 1 heterocycles. The van der Waals surface area contributed by atoms with Crippen LogP contribution in [-0.4, -0.2) is 16.8 Å². The van der Waals surface area contributed by atoms with Gasteiger partial charge < -0.3 is 10.1 Å². The Labute approximate surface area is 131 Å². The van der Waals surface area contributed by atoms with Gasteiger partial charge >= 0.3 is 0 Å². The number of nitrogens with zero attached hydrogens (tertiary/aromatic N) is 2. The molecule has 0 radical (unpaired) electrons. The third-order valence-corrected chi connectivity index (χ3v) is 4.20. The predicted octanol–water partition coefficient (Wildman–Crippen LogP) is 4.26. The largest absolute Gasteiger partial charge is 0.493 e. The molecule has 108 valence electrons. The Balaban J connectivity index is 2.05. The Kier molecular flexibility index (Phi) is 5.79. The summed E-state index contributed by atoms with van der Waals surface area (Å²) in [4.78, 5) is 0. The lowest BCUT2D eigenvalue weighted by atomic mass is 10.2. The minimum Gasteiger partial charge on any atom is -0.493 e. The fraction of sp³-hybridized carbons (Fsp3) is 0.429. The minimum absolute atomic E-state index is 0.677. The van der Waals surface area contributed by atoms with Crippen LogP contribution in [0, 0.1) is 0 Å². The van der Waals surface area contributed by atoms with E-state index in [4.69, 9.17) is 4.74 Å². The first-order valence-electron chi connectivity index (χ1n) is 6.70. The van der Waals surface area contributed by atoms with Crippen molar-refractivity contribution in [1.82, 2.24) is 10.2 Å². The van der Waals surface area contributed by atoms with Crippen LogP contribution in [0.1, 0.15) is 30.8 Å². The second-order valence-electron chi connectivity index (χ2n) is 4.31. The number of aromatic nitrogens is 2. The Morgan fingerprint density at radius 3 is 2.85 bits per heavy atom. The fourth-order valence-corrected chi connectivity index (χ4v) is 2.76. The van der Waals surface area contributed by atoms with Crippen LogP contribution in [0.3, 0.4) is 0 Å². The van der Waals surface area contributed by atoms with Gasteiger partial charge in [0.25, 0.3) is 0 Å². The summed E-state index contributed by atoms with van der Waals surface area (Å²) >= 11 is 5.09. The lowest BCUT2D eigenvalue weighted by molar-refractivity contribution is 0.314. The lowest BCUT2D eigenvalue weighted by Gasteiger charge is -2.11. The molecule has 2 rings (SSSR count). The molecule has 0 fully saturated rings. The second kappa shape index (κ2) is 7.59. The summed E-state index contributed by atoms with van der Waals surface area (Å²) in [5.74, 6) is 0.919. The van der Waals surface area contributed by atoms with E-state index in [1.54, 1.807) is 11.3 Å². The molecule has 1 aromatic heterocycles. The number of halogens is 1. The van der Waals surface area contributed by atoms with Crippen LogP contribution in [-0.2, 0) is 13.0 Å². The summed E-state index contributed by atoms with van der Waals surface area (Å²) < 4.78 is 6.81. The molecule has 0 aliphatic heterocycles. The third-order valence-electron chi connectivity index (χ3n) is 2.68. The van der Waals surface area contributed by atoms with E-state index in [-0.39, 0.29) is 0 Å². The number of nitrogens with one attached hydrogen (secondary N) is 1. The van der Waals surface area contributed by atoms with E-state index >= 15 is 0 Å². The van der Waals surface area contributed by atoms with Gasteiger partial charge in [-0.05, 0) is 31.0 Å². The summed E-state index contributed by atoms with van der Waals surface area (Å²) in [6.07, 6.45) is 1.92. The van der Waals surface area contributed by atoms with Gasteiger partial charge in [0.15, 0.2) is 0 Å². The molecular weight excluding hydrogens is 338 g/mol. The lowest BCUT2D eigenvalue weighted by Crippen LogP contribution is -2.04. The van der Waals surface area contributed by atoms with Crippen molar-refractivity contribution in [2.45, 2.75) is 33.2 Å². The summed E-state index contributed by atoms with van der Waals surface area (Å²) in [6, 6.07) is 6.06. The maximum Gasteiger partial charge on any atom is 0.205 e. The maximum atomic E-state index is 5.76. The van der Waals surface area contributed by atoms with Gasteiger partial charge in [-0.15, -0.1) is 10.2 Å². The zero-order valence-corrected chi connectivity index (χ0v) is 14.1. The van der Waals surface area contributed by atoms with Gasteiger partial charge in [-0.1, -0.05) is 41.1 Å². The highest BCUT2D eigenvalue weighted by Gasteiger charge is 2.07. The minimum atomic E-state index is 0.677. The van der Waals surface area contributed by atoms with Crippen molar-refractivity contribution in [2.24, 2.45) is 0 Å². The Bertz CT molecular complexity index is 559. The van der Waals surface area contributed by atoms with Gasteiger partial charge in [0.05, 0.1) is 6.61 Å². The highest BCUT2D eigenvalue weighted by Crippen LogP contribution is 2.25. The van der Waals surface area contributed by atoms with E-state index in [9.17, 15) is 0 Å². The number of hydrogen-bond donors (Lipinski definition) is 1. The van der Waals surface area contributed by atoms with E-state index in [0.717, 1.165) is 45.4 Å². The predicted molar refractivity (Wildman–Crippen MR) is 86.5 cm³/mol. The first-order chi connectivity index (χ1) is 9.72. The Hall–Kier alpha value is -1.14. The highest BCUT2D eigenvalue weighted by molar-refractivity contribution is 9.10. The number of anilines is 1. The van der Waals surface area contributed by atoms with E-state index in [1.807, 2.05) is 12.1 Å². The van der Waals surface area contributed by atoms with Crippen molar-refractivity contribution in [3.8, 4) is 5.75 Å². The molecule has 0 saturated carbocycles. The molecule has 0 saturated heterocycles. The van der Waals surface area contributed by atoms with Gasteiger partial charge in [0.1, 0.15) is 10.8 Å². The molecule has 0 unspecified atom stereocenters. The topological polar surface area (TPSA) is 47.0 Å². The summed E-state index contributed by atoms with van der Waals surface area (Å²) in [5.41, 5.74) is 1.11. The molecule has 0 amide bonds. The molecule has 2 aromatic rings. The normalized spacial score (nSPS) is 10.6. The van der Waals surface area contributed by atoms with Crippen molar-refractivity contribution < 1.29 is 4.74 Å². The van der Waals surface area contributed by atoms with Crippen LogP contribution in [0.2, 0.25) is 0 Å². The zero-order chi connectivity index (χ0) is 14.4. The molecule has 0 aliphatic carbocycles. The molecule has 1 aromatic carbocycles. The van der Waals surface area contributed by atoms with Crippen LogP contribution < -0.4 is 10.1 Å². The van der Waals surface area contributed by atoms with Crippen molar-refractivity contribution in [2.75, 3.05) is 11.9 Å². The number of benzene rings is 1. The van der Waals surface area contributed by atoms with E-state index in [2.05, 4.69) is 51.4 Å². The molecule has 0 bridgehead atoms. The molecular formula is C14H18BrN3OS. The van der Waals surface area contributed by atoms with Crippen molar-refractivity contribution in [3.05, 3.63) is 33.2 Å². The average Bonchev–Trinajstić information content (AvgIpc) is 2.92. The number of ether oxygens (including phenoxy) is 1. The average molecular weight is 356 g/mol. The van der Waals surface area contributed by atoms with Crippen LogP contribution in [0.4, 0.5) is 5.13 Å². The van der Waals surface area contributed by atoms with E-state index < -0.39 is 0 Å². The number of rotatable bonds is 7. The molecule has 1 N–H and O–H groups in total. The van der Waals surface area contributed by atoms with Crippen LogP contribution >= 0.6 is 27.3 Å². The SMILES string of the molecule is CCCOc1ccc(Br)cc1CNc1nnc(CC)s1. The van der Waals surface area contributed by atoms with Gasteiger partial charge in [-0.2, -0.15) is 0 Å². The summed E-state index contributed by atoms with van der Waals surface area (Å²) in [7, 11) is 0. The molecule has 0 aliphatic rings. The molecule has 0 atom stereocenters. The smallest absolute Gasteiger partial charge is 0.205 e. The van der Waals surface area contributed by atoms with E-state index in [0.29, 0.717) is 6.54 Å². The summed E-state index contributed by atoms with van der Waals surface area (Å²) in [5, 5.41) is 13.4. The number of hydrogen-bond acceptors (Lipinski definition) is 5.